The number of benzene rings is 2. The quantitative estimate of drug-likeness (QED) is 0.624. The molecule has 4 rings (SSSR count). The van der Waals surface area contributed by atoms with Gasteiger partial charge in [-0.25, -0.2) is 15.0 Å². The molecule has 1 aliphatic heterocycles. The molecule has 0 saturated heterocycles. The summed E-state index contributed by atoms with van der Waals surface area (Å²) in [6.45, 7) is 7.92. The van der Waals surface area contributed by atoms with E-state index in [0.29, 0.717) is 11.4 Å². The highest BCUT2D eigenvalue weighted by atomic mass is 16.2. The summed E-state index contributed by atoms with van der Waals surface area (Å²) in [4.78, 5) is 37.5. The van der Waals surface area contributed by atoms with Crippen LogP contribution in [0.2, 0.25) is 0 Å². The molecule has 8 heteroatoms. The van der Waals surface area contributed by atoms with Crippen molar-refractivity contribution in [1.82, 2.24) is 15.4 Å². The Kier molecular flexibility index (Phi) is 4.77. The Bertz CT molecular complexity index is 1140. The maximum Gasteiger partial charge on any atom is 0.292 e. The number of para-hydroxylation sites is 1. The Morgan fingerprint density at radius 2 is 1.87 bits per heavy atom. The summed E-state index contributed by atoms with van der Waals surface area (Å²) in [7, 11) is 0. The number of aromatic nitrogens is 2. The first-order chi connectivity index (χ1) is 14.2. The lowest BCUT2D eigenvalue weighted by atomic mass is 9.96. The molecule has 0 fully saturated rings. The summed E-state index contributed by atoms with van der Waals surface area (Å²) in [6, 6.07) is 13.9. The number of nitrogens with zero attached hydrogens (tertiary/aromatic N) is 3. The summed E-state index contributed by atoms with van der Waals surface area (Å²) in [5.41, 5.74) is 5.65. The van der Waals surface area contributed by atoms with E-state index in [4.69, 9.17) is 0 Å². The minimum atomic E-state index is -0.670. The predicted octanol–water partition coefficient (Wildman–Crippen LogP) is 3.14. The summed E-state index contributed by atoms with van der Waals surface area (Å²) in [6.07, 6.45) is 0. The van der Waals surface area contributed by atoms with Crippen molar-refractivity contribution in [3.8, 4) is 0 Å². The van der Waals surface area contributed by atoms with Crippen LogP contribution in [-0.2, 0) is 15.0 Å². The largest absolute Gasteiger partial charge is 0.341 e. The van der Waals surface area contributed by atoms with Crippen LogP contribution in [0.25, 0.3) is 11.0 Å². The second-order valence-corrected chi connectivity index (χ2v) is 8.30. The van der Waals surface area contributed by atoms with E-state index in [-0.39, 0.29) is 17.2 Å². The Labute approximate surface area is 174 Å². The lowest BCUT2D eigenvalue weighted by Crippen LogP contribution is -2.57. The monoisotopic (exact) mass is 404 g/mol. The van der Waals surface area contributed by atoms with Crippen LogP contribution < -0.4 is 15.8 Å². The first-order valence-electron chi connectivity index (χ1n) is 9.77. The molecule has 8 nitrogen and oxygen atoms in total. The highest BCUT2D eigenvalue weighted by molar-refractivity contribution is 6.43. The van der Waals surface area contributed by atoms with Crippen LogP contribution in [-0.4, -0.2) is 33.7 Å². The van der Waals surface area contributed by atoms with Gasteiger partial charge in [0.05, 0.1) is 16.7 Å². The molecule has 0 saturated carbocycles. The topological polar surface area (TPSA) is 102 Å². The zero-order valence-corrected chi connectivity index (χ0v) is 17.4. The molecule has 1 atom stereocenters. The van der Waals surface area contributed by atoms with Gasteiger partial charge in [0, 0.05) is 11.1 Å². The first-order valence-corrected chi connectivity index (χ1v) is 9.77. The molecule has 154 valence electrons. The van der Waals surface area contributed by atoms with Crippen LogP contribution in [0, 0.1) is 0 Å². The van der Waals surface area contributed by atoms with Crippen LogP contribution in [0.4, 0.5) is 11.4 Å². The van der Waals surface area contributed by atoms with E-state index in [1.807, 2.05) is 30.3 Å². The second-order valence-electron chi connectivity index (χ2n) is 8.30. The number of aromatic amines is 1. The number of amidine groups is 1. The van der Waals surface area contributed by atoms with Gasteiger partial charge in [-0.15, -0.1) is 0 Å². The molecule has 2 aromatic carbocycles. The Morgan fingerprint density at radius 1 is 1.13 bits per heavy atom. The minimum absolute atomic E-state index is 0.0750. The number of amides is 2. The van der Waals surface area contributed by atoms with Gasteiger partial charge in [-0.2, -0.15) is 0 Å². The fourth-order valence-electron chi connectivity index (χ4n) is 3.14. The van der Waals surface area contributed by atoms with E-state index in [0.717, 1.165) is 16.9 Å². The number of anilines is 2. The third kappa shape index (κ3) is 3.76. The number of carbonyl (C=O) groups excluding carboxylic acids is 2. The Balaban J connectivity index is 1.56. The fraction of sp³-hybridized carbons (Fsp3) is 0.273. The van der Waals surface area contributed by atoms with Gasteiger partial charge in [0.2, 0.25) is 5.84 Å². The molecule has 2 heterocycles. The SMILES string of the molecule is C[C@H]1N=C(C(=O)Nc2ccc3nc(C(C)(C)C)[nH]c3c2)NN(c2ccccc2)C1=O. The number of fused-ring (bicyclic) bond motifs is 1. The normalized spacial score (nSPS) is 16.9. The lowest BCUT2D eigenvalue weighted by Gasteiger charge is -2.30. The number of aliphatic imine (C=N–C) groups is 1. The van der Waals surface area contributed by atoms with Crippen LogP contribution in [0.5, 0.6) is 0 Å². The zero-order chi connectivity index (χ0) is 21.5. The van der Waals surface area contributed by atoms with Gasteiger partial charge < -0.3 is 10.3 Å². The van der Waals surface area contributed by atoms with E-state index >= 15 is 0 Å². The van der Waals surface area contributed by atoms with Crippen molar-refractivity contribution in [3.63, 3.8) is 0 Å². The molecule has 0 spiro atoms. The van der Waals surface area contributed by atoms with E-state index in [1.165, 1.54) is 5.01 Å². The summed E-state index contributed by atoms with van der Waals surface area (Å²) >= 11 is 0. The maximum atomic E-state index is 12.8. The standard InChI is InChI=1S/C22H24N6O2/c1-13-20(30)28(15-8-6-5-7-9-15)27-18(23-13)19(29)24-14-10-11-16-17(12-14)26-21(25-16)22(2,3)4/h5-13H,1-4H3,(H,23,27)(H,24,29)(H,25,26)/t13-/m1/s1. The molecule has 3 aromatic rings. The highest BCUT2D eigenvalue weighted by Crippen LogP contribution is 2.24. The number of imidazole rings is 1. The third-order valence-corrected chi connectivity index (χ3v) is 4.80. The van der Waals surface area contributed by atoms with Gasteiger partial charge in [-0.05, 0) is 37.3 Å². The Morgan fingerprint density at radius 3 is 2.57 bits per heavy atom. The smallest absolute Gasteiger partial charge is 0.292 e. The molecule has 0 aliphatic carbocycles. The van der Waals surface area contributed by atoms with Crippen molar-refractivity contribution in [2.45, 2.75) is 39.2 Å². The van der Waals surface area contributed by atoms with E-state index in [2.05, 4.69) is 46.5 Å². The number of nitrogens with one attached hydrogen (secondary N) is 3. The molecule has 2 amide bonds. The van der Waals surface area contributed by atoms with Crippen molar-refractivity contribution in [3.05, 3.63) is 54.4 Å². The first kappa shape index (κ1) is 19.6. The van der Waals surface area contributed by atoms with Crippen molar-refractivity contribution < 1.29 is 9.59 Å². The van der Waals surface area contributed by atoms with Crippen molar-refractivity contribution in [1.29, 1.82) is 0 Å². The molecule has 1 aromatic heterocycles. The number of hydrogen-bond donors (Lipinski definition) is 3. The molecular weight excluding hydrogens is 380 g/mol. The predicted molar refractivity (Wildman–Crippen MR) is 117 cm³/mol. The molecule has 0 radical (unpaired) electrons. The van der Waals surface area contributed by atoms with Crippen molar-refractivity contribution in [2.24, 2.45) is 4.99 Å². The van der Waals surface area contributed by atoms with Gasteiger partial charge in [0.1, 0.15) is 11.9 Å². The summed E-state index contributed by atoms with van der Waals surface area (Å²) in [5.74, 6) is 0.299. The highest BCUT2D eigenvalue weighted by Gasteiger charge is 2.30. The van der Waals surface area contributed by atoms with Crippen LogP contribution in [0.3, 0.4) is 0 Å². The van der Waals surface area contributed by atoms with Gasteiger partial charge in [-0.1, -0.05) is 39.0 Å². The number of H-pyrrole nitrogens is 1. The van der Waals surface area contributed by atoms with Gasteiger partial charge in [0.15, 0.2) is 0 Å². The van der Waals surface area contributed by atoms with Crippen molar-refractivity contribution >= 4 is 40.1 Å². The van der Waals surface area contributed by atoms with E-state index in [1.54, 1.807) is 25.1 Å². The lowest BCUT2D eigenvalue weighted by molar-refractivity contribution is -0.120. The summed E-state index contributed by atoms with van der Waals surface area (Å²) in [5, 5.41) is 4.19. The third-order valence-electron chi connectivity index (χ3n) is 4.80. The van der Waals surface area contributed by atoms with E-state index in [9.17, 15) is 9.59 Å². The minimum Gasteiger partial charge on any atom is -0.341 e. The summed E-state index contributed by atoms with van der Waals surface area (Å²) < 4.78 is 0. The number of rotatable bonds is 3. The van der Waals surface area contributed by atoms with E-state index < -0.39 is 11.9 Å². The van der Waals surface area contributed by atoms with Crippen molar-refractivity contribution in [2.75, 3.05) is 10.3 Å². The van der Waals surface area contributed by atoms with Crippen LogP contribution in [0.1, 0.15) is 33.5 Å². The molecular formula is C22H24N6O2. The van der Waals surface area contributed by atoms with Crippen LogP contribution >= 0.6 is 0 Å². The number of hydrogen-bond acceptors (Lipinski definition) is 5. The second kappa shape index (κ2) is 7.29. The van der Waals surface area contributed by atoms with Gasteiger partial charge >= 0.3 is 0 Å². The molecule has 30 heavy (non-hydrogen) atoms. The average molecular weight is 404 g/mol. The number of hydrazine groups is 1. The maximum absolute atomic E-state index is 12.8. The number of carbonyl (C=O) groups is 2. The van der Waals surface area contributed by atoms with Gasteiger partial charge in [-0.3, -0.25) is 15.0 Å². The molecule has 0 unspecified atom stereocenters. The fourth-order valence-corrected chi connectivity index (χ4v) is 3.14. The zero-order valence-electron chi connectivity index (χ0n) is 17.4. The average Bonchev–Trinajstić information content (AvgIpc) is 3.14. The van der Waals surface area contributed by atoms with Crippen LogP contribution in [0.15, 0.2) is 53.5 Å². The Hall–Kier alpha value is -3.68. The molecule has 0 bridgehead atoms. The molecule has 3 N–H and O–H groups in total. The van der Waals surface area contributed by atoms with Gasteiger partial charge in [0.25, 0.3) is 11.8 Å². The molecule has 1 aliphatic rings.